The van der Waals surface area contributed by atoms with Gasteiger partial charge in [0.25, 0.3) is 5.56 Å². The zero-order valence-corrected chi connectivity index (χ0v) is 12.1. The lowest BCUT2D eigenvalue weighted by atomic mass is 10.2. The van der Waals surface area contributed by atoms with E-state index in [1.54, 1.807) is 12.1 Å². The first-order valence-electron chi connectivity index (χ1n) is 6.96. The Labute approximate surface area is 129 Å². The molecular weight excluding hydrogens is 307 g/mol. The minimum absolute atomic E-state index is 0.324. The van der Waals surface area contributed by atoms with E-state index in [4.69, 9.17) is 0 Å². The van der Waals surface area contributed by atoms with Crippen LogP contribution in [0, 0.1) is 0 Å². The van der Waals surface area contributed by atoms with E-state index in [1.807, 2.05) is 6.92 Å². The number of benzene rings is 1. The van der Waals surface area contributed by atoms with Gasteiger partial charge in [0.05, 0.1) is 16.6 Å². The van der Waals surface area contributed by atoms with E-state index >= 15 is 0 Å². The molecule has 118 valence electrons. The van der Waals surface area contributed by atoms with Crippen LogP contribution in [0.1, 0.15) is 18.3 Å². The number of aromatic nitrogens is 3. The summed E-state index contributed by atoms with van der Waals surface area (Å²) in [4.78, 5) is 21.0. The van der Waals surface area contributed by atoms with Gasteiger partial charge in [0.15, 0.2) is 5.65 Å². The molecule has 0 N–H and O–H groups in total. The van der Waals surface area contributed by atoms with Gasteiger partial charge in [0.1, 0.15) is 5.82 Å². The van der Waals surface area contributed by atoms with Crippen LogP contribution in [0.4, 0.5) is 13.2 Å². The van der Waals surface area contributed by atoms with Crippen LogP contribution < -0.4 is 5.56 Å². The van der Waals surface area contributed by atoms with Crippen molar-refractivity contribution in [2.24, 2.45) is 0 Å². The molecule has 0 fully saturated rings. The third-order valence-corrected chi connectivity index (χ3v) is 3.48. The molecule has 3 rings (SSSR count). The van der Waals surface area contributed by atoms with Crippen LogP contribution in [0.2, 0.25) is 0 Å². The van der Waals surface area contributed by atoms with Crippen LogP contribution in [0.25, 0.3) is 16.7 Å². The van der Waals surface area contributed by atoms with E-state index in [2.05, 4.69) is 9.97 Å². The van der Waals surface area contributed by atoms with Crippen LogP contribution >= 0.6 is 0 Å². The van der Waals surface area contributed by atoms with E-state index in [0.29, 0.717) is 29.0 Å². The summed E-state index contributed by atoms with van der Waals surface area (Å²) in [6, 6.07) is 7.66. The van der Waals surface area contributed by atoms with Crippen molar-refractivity contribution in [1.29, 1.82) is 0 Å². The molecule has 23 heavy (non-hydrogen) atoms. The van der Waals surface area contributed by atoms with Crippen LogP contribution in [0.15, 0.2) is 47.4 Å². The molecule has 0 saturated heterocycles. The van der Waals surface area contributed by atoms with Crippen molar-refractivity contribution in [2.45, 2.75) is 19.5 Å². The average molecular weight is 319 g/mol. The Bertz CT molecular complexity index is 914. The molecule has 0 bridgehead atoms. The number of pyridine rings is 1. The highest BCUT2D eigenvalue weighted by molar-refractivity contribution is 5.73. The van der Waals surface area contributed by atoms with E-state index < -0.39 is 11.7 Å². The second kappa shape index (κ2) is 5.49. The normalized spacial score (nSPS) is 11.8. The quantitative estimate of drug-likeness (QED) is 0.728. The molecular formula is C16H12F3N3O. The van der Waals surface area contributed by atoms with Crippen molar-refractivity contribution in [1.82, 2.24) is 14.5 Å². The smallest absolute Gasteiger partial charge is 0.268 e. The molecule has 0 amide bonds. The van der Waals surface area contributed by atoms with Crippen LogP contribution in [-0.2, 0) is 12.6 Å². The van der Waals surface area contributed by atoms with Gasteiger partial charge in [-0.05, 0) is 36.4 Å². The van der Waals surface area contributed by atoms with Crippen molar-refractivity contribution >= 4 is 11.0 Å². The largest absolute Gasteiger partial charge is 0.416 e. The summed E-state index contributed by atoms with van der Waals surface area (Å²) >= 11 is 0. The molecule has 0 aliphatic carbocycles. The minimum Gasteiger partial charge on any atom is -0.268 e. The maximum absolute atomic E-state index is 12.7. The summed E-state index contributed by atoms with van der Waals surface area (Å²) in [6.45, 7) is 1.82. The van der Waals surface area contributed by atoms with Gasteiger partial charge in [-0.1, -0.05) is 6.92 Å². The van der Waals surface area contributed by atoms with Gasteiger partial charge in [-0.15, -0.1) is 0 Å². The molecule has 0 aliphatic heterocycles. The molecule has 0 atom stereocenters. The number of hydrogen-bond acceptors (Lipinski definition) is 3. The monoisotopic (exact) mass is 319 g/mol. The van der Waals surface area contributed by atoms with Crippen molar-refractivity contribution in [3.05, 3.63) is 64.3 Å². The standard InChI is InChI=1S/C16H12F3N3O/c1-2-13-21-14-12(4-3-9-20-14)15(23)22(13)11-7-5-10(6-8-11)16(17,18)19/h3-9H,2H2,1H3. The SMILES string of the molecule is CCc1nc2ncccc2c(=O)n1-c1ccc(C(F)(F)F)cc1. The van der Waals surface area contributed by atoms with Gasteiger partial charge in [-0.2, -0.15) is 13.2 Å². The molecule has 0 saturated carbocycles. The fourth-order valence-electron chi connectivity index (χ4n) is 2.37. The number of nitrogens with zero attached hydrogens (tertiary/aromatic N) is 3. The lowest BCUT2D eigenvalue weighted by Gasteiger charge is -2.13. The van der Waals surface area contributed by atoms with E-state index in [1.165, 1.54) is 22.9 Å². The van der Waals surface area contributed by atoms with E-state index in [9.17, 15) is 18.0 Å². The first-order chi connectivity index (χ1) is 10.9. The first-order valence-corrected chi connectivity index (χ1v) is 6.96. The topological polar surface area (TPSA) is 47.8 Å². The summed E-state index contributed by atoms with van der Waals surface area (Å²) < 4.78 is 39.3. The maximum atomic E-state index is 12.7. The summed E-state index contributed by atoms with van der Waals surface area (Å²) in [6.07, 6.45) is -2.43. The second-order valence-corrected chi connectivity index (χ2v) is 4.94. The third kappa shape index (κ3) is 2.69. The molecule has 0 aliphatic rings. The molecule has 0 spiro atoms. The number of halogens is 3. The number of rotatable bonds is 2. The molecule has 7 heteroatoms. The highest BCUT2D eigenvalue weighted by Gasteiger charge is 2.30. The number of aryl methyl sites for hydroxylation is 1. The first kappa shape index (κ1) is 15.2. The summed E-state index contributed by atoms with van der Waals surface area (Å²) in [5, 5.41) is 0.324. The van der Waals surface area contributed by atoms with Crippen LogP contribution in [-0.4, -0.2) is 14.5 Å². The zero-order valence-electron chi connectivity index (χ0n) is 12.1. The van der Waals surface area contributed by atoms with Crippen molar-refractivity contribution in [3.63, 3.8) is 0 Å². The Kier molecular flexibility index (Phi) is 3.63. The van der Waals surface area contributed by atoms with Gasteiger partial charge in [-0.3, -0.25) is 9.36 Å². The molecule has 2 heterocycles. The summed E-state index contributed by atoms with van der Waals surface area (Å²) in [5.74, 6) is 0.445. The fourth-order valence-corrected chi connectivity index (χ4v) is 2.37. The van der Waals surface area contributed by atoms with Gasteiger partial charge in [-0.25, -0.2) is 9.97 Å². The third-order valence-electron chi connectivity index (χ3n) is 3.48. The van der Waals surface area contributed by atoms with Gasteiger partial charge < -0.3 is 0 Å². The Morgan fingerprint density at radius 3 is 2.43 bits per heavy atom. The Morgan fingerprint density at radius 2 is 1.83 bits per heavy atom. The molecule has 4 nitrogen and oxygen atoms in total. The molecule has 0 radical (unpaired) electrons. The van der Waals surface area contributed by atoms with Crippen molar-refractivity contribution in [3.8, 4) is 5.69 Å². The van der Waals surface area contributed by atoms with Crippen LogP contribution in [0.5, 0.6) is 0 Å². The number of fused-ring (bicyclic) bond motifs is 1. The van der Waals surface area contributed by atoms with Crippen LogP contribution in [0.3, 0.4) is 0 Å². The van der Waals surface area contributed by atoms with Gasteiger partial charge >= 0.3 is 6.18 Å². The molecule has 2 aromatic heterocycles. The Morgan fingerprint density at radius 1 is 1.13 bits per heavy atom. The summed E-state index contributed by atoms with van der Waals surface area (Å²) in [5.41, 5.74) is -0.432. The fraction of sp³-hybridized carbons (Fsp3) is 0.188. The van der Waals surface area contributed by atoms with Gasteiger partial charge in [0, 0.05) is 12.6 Å². The predicted octanol–water partition coefficient (Wildman–Crippen LogP) is 3.36. The second-order valence-electron chi connectivity index (χ2n) is 4.94. The molecule has 3 aromatic rings. The number of hydrogen-bond donors (Lipinski definition) is 0. The van der Waals surface area contributed by atoms with Gasteiger partial charge in [0.2, 0.25) is 0 Å². The highest BCUT2D eigenvalue weighted by atomic mass is 19.4. The lowest BCUT2D eigenvalue weighted by Crippen LogP contribution is -2.24. The average Bonchev–Trinajstić information content (AvgIpc) is 2.54. The highest BCUT2D eigenvalue weighted by Crippen LogP contribution is 2.29. The minimum atomic E-state index is -4.41. The Hall–Kier alpha value is -2.70. The van der Waals surface area contributed by atoms with E-state index in [0.717, 1.165) is 12.1 Å². The summed E-state index contributed by atoms with van der Waals surface area (Å²) in [7, 11) is 0. The number of alkyl halides is 3. The predicted molar refractivity (Wildman–Crippen MR) is 79.5 cm³/mol. The lowest BCUT2D eigenvalue weighted by molar-refractivity contribution is -0.137. The molecule has 1 aromatic carbocycles. The zero-order chi connectivity index (χ0) is 16.6. The maximum Gasteiger partial charge on any atom is 0.416 e. The molecule has 0 unspecified atom stereocenters. The van der Waals surface area contributed by atoms with E-state index in [-0.39, 0.29) is 5.56 Å². The Balaban J connectivity index is 2.23. The van der Waals surface area contributed by atoms with Crippen molar-refractivity contribution < 1.29 is 13.2 Å². The van der Waals surface area contributed by atoms with Crippen molar-refractivity contribution in [2.75, 3.05) is 0 Å².